The van der Waals surface area contributed by atoms with Gasteiger partial charge in [0.25, 0.3) is 0 Å². The maximum absolute atomic E-state index is 6.00. The Hall–Kier alpha value is -1.06. The van der Waals surface area contributed by atoms with Crippen molar-refractivity contribution in [2.75, 3.05) is 13.1 Å². The lowest BCUT2D eigenvalue weighted by Gasteiger charge is -2.19. The quantitative estimate of drug-likeness (QED) is 0.830. The van der Waals surface area contributed by atoms with Gasteiger partial charge in [-0.25, -0.2) is 4.98 Å². The highest BCUT2D eigenvalue weighted by atomic mass is 35.5. The minimum absolute atomic E-state index is 0.538. The number of nitrogens with zero attached hydrogens (tertiary/aromatic N) is 3. The Morgan fingerprint density at radius 1 is 1.44 bits per heavy atom. The average Bonchev–Trinajstić information content (AvgIpc) is 2.92. The average molecular weight is 264 g/mol. The standard InChI is InChI=1S/C14H18ClN3/c1-10(2)17-5-3-11(9-17)14-16-8-13-7-12(15)4-6-18(13)14/h4,6-8,10-11H,3,5,9H2,1-2H3. The Kier molecular flexibility index (Phi) is 3.04. The molecule has 2 aromatic rings. The van der Waals surface area contributed by atoms with Crippen LogP contribution >= 0.6 is 11.6 Å². The molecule has 0 radical (unpaired) electrons. The van der Waals surface area contributed by atoms with Crippen LogP contribution in [0.3, 0.4) is 0 Å². The van der Waals surface area contributed by atoms with Crippen LogP contribution < -0.4 is 0 Å². The number of pyridine rings is 1. The van der Waals surface area contributed by atoms with Crippen molar-refractivity contribution in [2.24, 2.45) is 0 Å². The second-order valence-corrected chi connectivity index (χ2v) is 5.77. The van der Waals surface area contributed by atoms with E-state index in [9.17, 15) is 0 Å². The zero-order valence-corrected chi connectivity index (χ0v) is 11.6. The summed E-state index contributed by atoms with van der Waals surface area (Å²) in [7, 11) is 0. The molecule has 0 aromatic carbocycles. The lowest BCUT2D eigenvalue weighted by atomic mass is 10.1. The molecule has 3 nitrogen and oxygen atoms in total. The Labute approximate surface area is 112 Å². The summed E-state index contributed by atoms with van der Waals surface area (Å²) < 4.78 is 2.17. The number of aromatic nitrogens is 2. The van der Waals surface area contributed by atoms with E-state index in [1.165, 1.54) is 18.8 Å². The molecule has 1 unspecified atom stereocenters. The van der Waals surface area contributed by atoms with E-state index in [1.54, 1.807) is 0 Å². The zero-order valence-electron chi connectivity index (χ0n) is 10.8. The first-order chi connectivity index (χ1) is 8.65. The molecule has 1 aliphatic heterocycles. The SMILES string of the molecule is CC(C)N1CCC(c2ncc3cc(Cl)ccn23)C1. The van der Waals surface area contributed by atoms with E-state index < -0.39 is 0 Å². The fraction of sp³-hybridized carbons (Fsp3) is 0.500. The molecule has 0 N–H and O–H groups in total. The Morgan fingerprint density at radius 2 is 2.28 bits per heavy atom. The van der Waals surface area contributed by atoms with Crippen molar-refractivity contribution in [3.8, 4) is 0 Å². The second-order valence-electron chi connectivity index (χ2n) is 5.33. The first-order valence-corrected chi connectivity index (χ1v) is 6.89. The summed E-state index contributed by atoms with van der Waals surface area (Å²) in [5.74, 6) is 1.71. The minimum Gasteiger partial charge on any atom is -0.303 e. The number of hydrogen-bond acceptors (Lipinski definition) is 2. The van der Waals surface area contributed by atoms with E-state index in [0.29, 0.717) is 12.0 Å². The first-order valence-electron chi connectivity index (χ1n) is 6.51. The summed E-state index contributed by atoms with van der Waals surface area (Å²) in [6, 6.07) is 4.51. The van der Waals surface area contributed by atoms with Gasteiger partial charge in [0.05, 0.1) is 11.7 Å². The predicted octanol–water partition coefficient (Wildman–Crippen LogP) is 3.19. The number of rotatable bonds is 2. The molecular weight excluding hydrogens is 246 g/mol. The fourth-order valence-corrected chi connectivity index (χ4v) is 2.93. The molecule has 2 aromatic heterocycles. The number of halogens is 1. The van der Waals surface area contributed by atoms with Crippen LogP contribution in [0.25, 0.3) is 5.52 Å². The summed E-state index contributed by atoms with van der Waals surface area (Å²) in [5, 5.41) is 0.768. The van der Waals surface area contributed by atoms with Crippen molar-refractivity contribution in [1.29, 1.82) is 0 Å². The molecule has 1 fully saturated rings. The highest BCUT2D eigenvalue weighted by Crippen LogP contribution is 2.28. The topological polar surface area (TPSA) is 20.5 Å². The van der Waals surface area contributed by atoms with Gasteiger partial charge in [-0.15, -0.1) is 0 Å². The van der Waals surface area contributed by atoms with Gasteiger partial charge in [-0.1, -0.05) is 11.6 Å². The maximum atomic E-state index is 6.00. The summed E-state index contributed by atoms with van der Waals surface area (Å²) in [6.45, 7) is 6.79. The lowest BCUT2D eigenvalue weighted by Crippen LogP contribution is -2.28. The maximum Gasteiger partial charge on any atom is 0.117 e. The monoisotopic (exact) mass is 263 g/mol. The molecule has 1 atom stereocenters. The van der Waals surface area contributed by atoms with Crippen LogP contribution in [0.4, 0.5) is 0 Å². The van der Waals surface area contributed by atoms with Crippen molar-refractivity contribution in [1.82, 2.24) is 14.3 Å². The third-order valence-corrected chi connectivity index (χ3v) is 4.07. The number of likely N-dealkylation sites (tertiary alicyclic amines) is 1. The summed E-state index contributed by atoms with van der Waals surface area (Å²) in [4.78, 5) is 7.11. The van der Waals surface area contributed by atoms with Crippen LogP contribution in [0.1, 0.15) is 32.0 Å². The van der Waals surface area contributed by atoms with Crippen LogP contribution in [-0.2, 0) is 0 Å². The Balaban J connectivity index is 1.91. The van der Waals surface area contributed by atoms with Gasteiger partial charge in [0, 0.05) is 29.7 Å². The molecule has 18 heavy (non-hydrogen) atoms. The molecule has 96 valence electrons. The van der Waals surface area contributed by atoms with Crippen LogP contribution in [0.5, 0.6) is 0 Å². The molecular formula is C14H18ClN3. The van der Waals surface area contributed by atoms with E-state index in [-0.39, 0.29) is 0 Å². The van der Waals surface area contributed by atoms with Crippen molar-refractivity contribution in [3.05, 3.63) is 35.4 Å². The van der Waals surface area contributed by atoms with Crippen LogP contribution in [-0.4, -0.2) is 33.4 Å². The summed E-state index contributed by atoms with van der Waals surface area (Å²) in [5.41, 5.74) is 1.08. The van der Waals surface area contributed by atoms with Crippen molar-refractivity contribution >= 4 is 17.1 Å². The van der Waals surface area contributed by atoms with E-state index in [0.717, 1.165) is 17.1 Å². The van der Waals surface area contributed by atoms with Gasteiger partial charge < -0.3 is 9.30 Å². The summed E-state index contributed by atoms with van der Waals surface area (Å²) in [6.07, 6.45) is 5.14. The molecule has 0 saturated carbocycles. The third-order valence-electron chi connectivity index (χ3n) is 3.84. The van der Waals surface area contributed by atoms with Crippen molar-refractivity contribution in [3.63, 3.8) is 0 Å². The number of hydrogen-bond donors (Lipinski definition) is 0. The zero-order chi connectivity index (χ0) is 12.7. The highest BCUT2D eigenvalue weighted by Gasteiger charge is 2.28. The van der Waals surface area contributed by atoms with Gasteiger partial charge in [0.1, 0.15) is 5.82 Å². The first kappa shape index (κ1) is 12.0. The molecule has 1 aliphatic rings. The van der Waals surface area contributed by atoms with Gasteiger partial charge in [-0.05, 0) is 38.9 Å². The summed E-state index contributed by atoms with van der Waals surface area (Å²) >= 11 is 6.00. The van der Waals surface area contributed by atoms with E-state index in [2.05, 4.69) is 28.1 Å². The van der Waals surface area contributed by atoms with E-state index in [1.807, 2.05) is 24.5 Å². The molecule has 3 heterocycles. The predicted molar refractivity (Wildman–Crippen MR) is 74.3 cm³/mol. The molecule has 0 amide bonds. The van der Waals surface area contributed by atoms with Gasteiger partial charge in [-0.3, -0.25) is 0 Å². The van der Waals surface area contributed by atoms with E-state index in [4.69, 9.17) is 11.6 Å². The van der Waals surface area contributed by atoms with Gasteiger partial charge in [0.15, 0.2) is 0 Å². The van der Waals surface area contributed by atoms with Gasteiger partial charge in [-0.2, -0.15) is 0 Å². The van der Waals surface area contributed by atoms with Gasteiger partial charge >= 0.3 is 0 Å². The lowest BCUT2D eigenvalue weighted by molar-refractivity contribution is 0.272. The highest BCUT2D eigenvalue weighted by molar-refractivity contribution is 6.30. The van der Waals surface area contributed by atoms with Crippen LogP contribution in [0.2, 0.25) is 5.02 Å². The Bertz CT molecular complexity index is 561. The third kappa shape index (κ3) is 2.02. The van der Waals surface area contributed by atoms with Crippen molar-refractivity contribution in [2.45, 2.75) is 32.2 Å². The minimum atomic E-state index is 0.538. The second kappa shape index (κ2) is 4.56. The van der Waals surface area contributed by atoms with Crippen LogP contribution in [0, 0.1) is 0 Å². The molecule has 0 aliphatic carbocycles. The number of fused-ring (bicyclic) bond motifs is 1. The molecule has 0 spiro atoms. The normalized spacial score (nSPS) is 21.2. The van der Waals surface area contributed by atoms with Gasteiger partial charge in [0.2, 0.25) is 0 Å². The molecule has 3 rings (SSSR count). The van der Waals surface area contributed by atoms with Crippen molar-refractivity contribution < 1.29 is 0 Å². The smallest absolute Gasteiger partial charge is 0.117 e. The largest absolute Gasteiger partial charge is 0.303 e. The van der Waals surface area contributed by atoms with E-state index >= 15 is 0 Å². The molecule has 4 heteroatoms. The van der Waals surface area contributed by atoms with Crippen LogP contribution in [0.15, 0.2) is 24.5 Å². The Morgan fingerprint density at radius 3 is 3.00 bits per heavy atom. The molecule has 0 bridgehead atoms. The number of imidazole rings is 1. The molecule has 1 saturated heterocycles. The fourth-order valence-electron chi connectivity index (χ4n) is 2.76.